The average molecular weight is 371 g/mol. The molecule has 11 heteroatoms. The SMILES string of the molecule is [N-]=[N+]=NCC(=NNc1nc(-c2ccc(Cl)c(Cl)c2)cs1)C(=O)O. The summed E-state index contributed by atoms with van der Waals surface area (Å²) < 4.78 is 0. The van der Waals surface area contributed by atoms with Crippen molar-refractivity contribution in [3.8, 4) is 11.3 Å². The minimum atomic E-state index is -1.29. The van der Waals surface area contributed by atoms with Crippen LogP contribution in [0.1, 0.15) is 0 Å². The smallest absolute Gasteiger partial charge is 0.352 e. The van der Waals surface area contributed by atoms with Gasteiger partial charge in [-0.1, -0.05) is 34.4 Å². The molecule has 2 N–H and O–H groups in total. The van der Waals surface area contributed by atoms with Crippen molar-refractivity contribution in [3.63, 3.8) is 0 Å². The van der Waals surface area contributed by atoms with Crippen molar-refractivity contribution in [2.24, 2.45) is 10.2 Å². The number of benzene rings is 1. The number of hydrogen-bond donors (Lipinski definition) is 2. The molecule has 0 saturated carbocycles. The molecule has 0 radical (unpaired) electrons. The highest BCUT2D eigenvalue weighted by Gasteiger charge is 2.10. The predicted octanol–water partition coefficient (Wildman–Crippen LogP) is 4.28. The second-order valence-corrected chi connectivity index (χ2v) is 5.70. The minimum absolute atomic E-state index is 0.325. The third-order valence-electron chi connectivity index (χ3n) is 2.54. The number of halogens is 2. The maximum Gasteiger partial charge on any atom is 0.352 e. The summed E-state index contributed by atoms with van der Waals surface area (Å²) in [5.41, 5.74) is 11.8. The van der Waals surface area contributed by atoms with Crippen molar-refractivity contribution in [1.29, 1.82) is 0 Å². The molecule has 1 aromatic carbocycles. The van der Waals surface area contributed by atoms with Crippen LogP contribution in [0.5, 0.6) is 0 Å². The van der Waals surface area contributed by atoms with Crippen LogP contribution in [0, 0.1) is 0 Å². The summed E-state index contributed by atoms with van der Waals surface area (Å²) in [6.45, 7) is -0.371. The number of hydrazone groups is 1. The minimum Gasteiger partial charge on any atom is -0.477 e. The first kappa shape index (κ1) is 17.0. The van der Waals surface area contributed by atoms with Gasteiger partial charge in [0.2, 0.25) is 5.13 Å². The molecule has 8 nitrogen and oxygen atoms in total. The molecule has 2 aromatic rings. The lowest BCUT2D eigenvalue weighted by atomic mass is 10.2. The number of rotatable bonds is 6. The molecule has 1 aromatic heterocycles. The molecule has 23 heavy (non-hydrogen) atoms. The highest BCUT2D eigenvalue weighted by Crippen LogP contribution is 2.30. The number of aliphatic carboxylic acids is 1. The molecule has 2 rings (SSSR count). The van der Waals surface area contributed by atoms with Crippen LogP contribution in [0.2, 0.25) is 10.0 Å². The van der Waals surface area contributed by atoms with Crippen molar-refractivity contribution in [2.45, 2.75) is 0 Å². The second-order valence-electron chi connectivity index (χ2n) is 4.03. The normalized spacial score (nSPS) is 11.0. The molecule has 0 atom stereocenters. The number of carboxylic acids is 1. The molecule has 1 heterocycles. The third-order valence-corrected chi connectivity index (χ3v) is 4.02. The lowest BCUT2D eigenvalue weighted by molar-refractivity contribution is -0.129. The molecular weight excluding hydrogens is 363 g/mol. The van der Waals surface area contributed by atoms with Crippen molar-refractivity contribution < 1.29 is 9.90 Å². The first-order valence-electron chi connectivity index (χ1n) is 5.99. The van der Waals surface area contributed by atoms with Crippen LogP contribution < -0.4 is 5.43 Å². The zero-order chi connectivity index (χ0) is 16.8. The number of nitrogens with one attached hydrogen (secondary N) is 1. The fourth-order valence-electron chi connectivity index (χ4n) is 1.48. The Morgan fingerprint density at radius 1 is 1.43 bits per heavy atom. The second kappa shape index (κ2) is 7.80. The molecule has 0 aliphatic heterocycles. The Bertz CT molecular complexity index is 816. The number of nitrogens with zero attached hydrogens (tertiary/aromatic N) is 5. The maximum absolute atomic E-state index is 10.9. The molecule has 0 aliphatic carbocycles. The van der Waals surface area contributed by atoms with Crippen molar-refractivity contribution in [3.05, 3.63) is 44.1 Å². The highest BCUT2D eigenvalue weighted by molar-refractivity contribution is 7.14. The summed E-state index contributed by atoms with van der Waals surface area (Å²) in [6, 6.07) is 5.10. The van der Waals surface area contributed by atoms with Gasteiger partial charge in [0.1, 0.15) is 0 Å². The molecule has 0 amide bonds. The van der Waals surface area contributed by atoms with E-state index in [2.05, 4.69) is 25.5 Å². The first-order valence-corrected chi connectivity index (χ1v) is 7.62. The Labute approximate surface area is 144 Å². The third kappa shape index (κ3) is 4.57. The lowest BCUT2D eigenvalue weighted by Gasteiger charge is -2.00. The summed E-state index contributed by atoms with van der Waals surface area (Å²) in [5, 5.41) is 18.7. The molecule has 0 aliphatic rings. The number of azide groups is 1. The Hall–Kier alpha value is -2.32. The fraction of sp³-hybridized carbons (Fsp3) is 0.0833. The Kier molecular flexibility index (Phi) is 5.78. The van der Waals surface area contributed by atoms with Crippen LogP contribution in [0.25, 0.3) is 21.7 Å². The maximum atomic E-state index is 10.9. The van der Waals surface area contributed by atoms with Gasteiger partial charge in [-0.2, -0.15) is 5.10 Å². The lowest BCUT2D eigenvalue weighted by Crippen LogP contribution is -2.17. The van der Waals surface area contributed by atoms with E-state index >= 15 is 0 Å². The summed E-state index contributed by atoms with van der Waals surface area (Å²) >= 11 is 13.0. The van der Waals surface area contributed by atoms with Gasteiger partial charge in [0.25, 0.3) is 0 Å². The van der Waals surface area contributed by atoms with Crippen LogP contribution in [0.4, 0.5) is 5.13 Å². The standard InChI is InChI=1S/C12H8Cl2N6O2S/c13-7-2-1-6(3-8(7)14)10-5-23-12(17-10)19-18-9(11(21)22)4-16-20-15/h1-3,5H,4H2,(H,17,19)(H,21,22). The fourth-order valence-corrected chi connectivity index (χ4v) is 2.44. The number of aromatic nitrogens is 1. The van der Waals surface area contributed by atoms with Gasteiger partial charge >= 0.3 is 5.97 Å². The van der Waals surface area contributed by atoms with Crippen LogP contribution in [-0.4, -0.2) is 28.3 Å². The number of anilines is 1. The molecular formula is C12H8Cl2N6O2S. The zero-order valence-corrected chi connectivity index (χ0v) is 13.6. The van der Waals surface area contributed by atoms with Crippen molar-refractivity contribution in [1.82, 2.24) is 4.98 Å². The van der Waals surface area contributed by atoms with Gasteiger partial charge < -0.3 is 5.11 Å². The average Bonchev–Trinajstić information content (AvgIpc) is 2.98. The Morgan fingerprint density at radius 3 is 2.87 bits per heavy atom. The summed E-state index contributed by atoms with van der Waals surface area (Å²) in [6.07, 6.45) is 0. The molecule has 0 spiro atoms. The van der Waals surface area contributed by atoms with Gasteiger partial charge in [0, 0.05) is 15.9 Å². The Balaban J connectivity index is 2.16. The van der Waals surface area contributed by atoms with Gasteiger partial charge in [-0.3, -0.25) is 5.43 Å². The van der Waals surface area contributed by atoms with Crippen LogP contribution in [0.15, 0.2) is 33.8 Å². The number of thiazole rings is 1. The van der Waals surface area contributed by atoms with E-state index in [0.29, 0.717) is 20.9 Å². The van der Waals surface area contributed by atoms with E-state index in [4.69, 9.17) is 33.8 Å². The molecule has 0 saturated heterocycles. The van der Waals surface area contributed by atoms with Crippen molar-refractivity contribution in [2.75, 3.05) is 12.0 Å². The number of carboxylic acid groups (broad SMARTS) is 1. The number of hydrogen-bond acceptors (Lipinski definition) is 6. The van der Waals surface area contributed by atoms with Crippen LogP contribution in [0.3, 0.4) is 0 Å². The van der Waals surface area contributed by atoms with E-state index < -0.39 is 5.97 Å². The largest absolute Gasteiger partial charge is 0.477 e. The van der Waals surface area contributed by atoms with Gasteiger partial charge in [-0.25, -0.2) is 9.78 Å². The topological polar surface area (TPSA) is 123 Å². The van der Waals surface area contributed by atoms with E-state index in [9.17, 15) is 4.79 Å². The van der Waals surface area contributed by atoms with Crippen LogP contribution in [-0.2, 0) is 4.79 Å². The van der Waals surface area contributed by atoms with Crippen LogP contribution >= 0.6 is 34.5 Å². The van der Waals surface area contributed by atoms with Gasteiger partial charge in [0.05, 0.1) is 22.3 Å². The van der Waals surface area contributed by atoms with E-state index in [-0.39, 0.29) is 12.3 Å². The van der Waals surface area contributed by atoms with Crippen molar-refractivity contribution >= 4 is 51.4 Å². The zero-order valence-electron chi connectivity index (χ0n) is 11.3. The summed E-state index contributed by atoms with van der Waals surface area (Å²) in [7, 11) is 0. The molecule has 0 unspecified atom stereocenters. The monoisotopic (exact) mass is 370 g/mol. The molecule has 0 bridgehead atoms. The van der Waals surface area contributed by atoms with E-state index in [1.807, 2.05) is 0 Å². The summed E-state index contributed by atoms with van der Waals surface area (Å²) in [5.74, 6) is -1.29. The number of carbonyl (C=O) groups is 1. The highest BCUT2D eigenvalue weighted by atomic mass is 35.5. The Morgan fingerprint density at radius 2 is 2.22 bits per heavy atom. The predicted molar refractivity (Wildman–Crippen MR) is 90.3 cm³/mol. The summed E-state index contributed by atoms with van der Waals surface area (Å²) in [4.78, 5) is 17.7. The van der Waals surface area contributed by atoms with E-state index in [1.54, 1.807) is 23.6 Å². The molecule has 0 fully saturated rings. The van der Waals surface area contributed by atoms with Gasteiger partial charge in [0.15, 0.2) is 5.71 Å². The first-order chi connectivity index (χ1) is 11.0. The van der Waals surface area contributed by atoms with E-state index in [1.165, 1.54) is 11.3 Å². The van der Waals surface area contributed by atoms with Gasteiger partial charge in [-0.15, -0.1) is 11.3 Å². The van der Waals surface area contributed by atoms with Gasteiger partial charge in [-0.05, 0) is 17.7 Å². The van der Waals surface area contributed by atoms with E-state index in [0.717, 1.165) is 5.56 Å². The quantitative estimate of drug-likeness (QED) is 0.259. The molecule has 118 valence electrons.